The fourth-order valence-electron chi connectivity index (χ4n) is 2.62. The second kappa shape index (κ2) is 7.03. The molecule has 0 saturated heterocycles. The van der Waals surface area contributed by atoms with Gasteiger partial charge in [-0.25, -0.2) is 4.79 Å². The Labute approximate surface area is 133 Å². The fourth-order valence-corrected chi connectivity index (χ4v) is 2.62. The van der Waals surface area contributed by atoms with E-state index in [0.29, 0.717) is 6.04 Å². The molecular formula is C18H28N2O2. The van der Waals surface area contributed by atoms with Crippen LogP contribution in [0.3, 0.4) is 0 Å². The number of hydrogen-bond acceptors (Lipinski definition) is 3. The van der Waals surface area contributed by atoms with Gasteiger partial charge in [-0.3, -0.25) is 0 Å². The first-order valence-electron chi connectivity index (χ1n) is 8.20. The predicted octanol–water partition coefficient (Wildman–Crippen LogP) is 4.11. The molecule has 0 atom stereocenters. The van der Waals surface area contributed by atoms with Gasteiger partial charge in [0.15, 0.2) is 0 Å². The predicted molar refractivity (Wildman–Crippen MR) is 90.2 cm³/mol. The Morgan fingerprint density at radius 2 is 1.82 bits per heavy atom. The van der Waals surface area contributed by atoms with Crippen molar-refractivity contribution in [2.45, 2.75) is 71.1 Å². The lowest BCUT2D eigenvalue weighted by atomic mass is 9.86. The summed E-state index contributed by atoms with van der Waals surface area (Å²) in [6.45, 7) is 7.82. The van der Waals surface area contributed by atoms with Crippen molar-refractivity contribution in [2.75, 3.05) is 5.32 Å². The summed E-state index contributed by atoms with van der Waals surface area (Å²) in [7, 11) is 0. The van der Waals surface area contributed by atoms with Gasteiger partial charge in [-0.2, -0.15) is 0 Å². The third-order valence-corrected chi connectivity index (χ3v) is 3.72. The number of anilines is 1. The zero-order valence-electron chi connectivity index (χ0n) is 14.1. The number of benzene rings is 1. The summed E-state index contributed by atoms with van der Waals surface area (Å²) in [5.74, 6) is 0. The maximum Gasteiger partial charge on any atom is 0.407 e. The normalized spacial score (nSPS) is 20.9. The maximum atomic E-state index is 11.7. The molecule has 2 N–H and O–H groups in total. The van der Waals surface area contributed by atoms with Gasteiger partial charge in [-0.05, 0) is 57.7 Å². The average molecular weight is 304 g/mol. The van der Waals surface area contributed by atoms with Crippen molar-refractivity contribution in [3.63, 3.8) is 0 Å². The fraction of sp³-hybridized carbons (Fsp3) is 0.611. The molecule has 1 aromatic rings. The van der Waals surface area contributed by atoms with Crippen molar-refractivity contribution in [3.05, 3.63) is 29.8 Å². The van der Waals surface area contributed by atoms with Crippen molar-refractivity contribution in [2.24, 2.45) is 0 Å². The molecule has 0 spiro atoms. The third-order valence-electron chi connectivity index (χ3n) is 3.72. The number of alkyl carbamates (subject to hydrolysis) is 1. The Balaban J connectivity index is 1.70. The minimum atomic E-state index is -0.439. The molecular weight excluding hydrogens is 276 g/mol. The van der Waals surface area contributed by atoms with Crippen LogP contribution in [0.4, 0.5) is 10.5 Å². The summed E-state index contributed by atoms with van der Waals surface area (Å²) >= 11 is 0. The van der Waals surface area contributed by atoms with Crippen LogP contribution in [-0.4, -0.2) is 23.8 Å². The van der Waals surface area contributed by atoms with Crippen molar-refractivity contribution in [3.8, 4) is 0 Å². The molecule has 1 fully saturated rings. The standard InChI is InChI=1S/C18H28N2O2/c1-5-6-13-7-9-14(10-8-13)19-15-11-16(12-15)20-17(21)22-18(2,3)4/h7-10,15-16,19H,5-6,11-12H2,1-4H3,(H,20,21). The monoisotopic (exact) mass is 304 g/mol. The van der Waals surface area contributed by atoms with E-state index in [9.17, 15) is 4.79 Å². The number of ether oxygens (including phenoxy) is 1. The highest BCUT2D eigenvalue weighted by Crippen LogP contribution is 2.25. The van der Waals surface area contributed by atoms with Gasteiger partial charge in [0.25, 0.3) is 0 Å². The van der Waals surface area contributed by atoms with Crippen LogP contribution in [-0.2, 0) is 11.2 Å². The highest BCUT2D eigenvalue weighted by Gasteiger charge is 2.31. The van der Waals surface area contributed by atoms with Gasteiger partial charge >= 0.3 is 6.09 Å². The smallest absolute Gasteiger partial charge is 0.407 e. The molecule has 1 amide bonds. The molecule has 2 rings (SSSR count). The van der Waals surface area contributed by atoms with E-state index in [4.69, 9.17) is 4.74 Å². The van der Waals surface area contributed by atoms with Crippen molar-refractivity contribution >= 4 is 11.8 Å². The first kappa shape index (κ1) is 16.7. The minimum Gasteiger partial charge on any atom is -0.444 e. The van der Waals surface area contributed by atoms with Crippen LogP contribution >= 0.6 is 0 Å². The second-order valence-electron chi connectivity index (χ2n) is 7.10. The number of carbonyl (C=O) groups excluding carboxylic acids is 1. The molecule has 1 aliphatic rings. The van der Waals surface area contributed by atoms with E-state index < -0.39 is 5.60 Å². The third kappa shape index (κ3) is 5.24. The van der Waals surface area contributed by atoms with Crippen LogP contribution in [0.5, 0.6) is 0 Å². The summed E-state index contributed by atoms with van der Waals surface area (Å²) in [6, 6.07) is 9.28. The summed E-state index contributed by atoms with van der Waals surface area (Å²) in [4.78, 5) is 11.7. The number of carbonyl (C=O) groups is 1. The molecule has 4 heteroatoms. The Morgan fingerprint density at radius 3 is 2.36 bits per heavy atom. The number of rotatable bonds is 5. The average Bonchev–Trinajstić information content (AvgIpc) is 2.36. The van der Waals surface area contributed by atoms with E-state index in [-0.39, 0.29) is 12.1 Å². The molecule has 122 valence electrons. The zero-order chi connectivity index (χ0) is 16.2. The number of hydrogen-bond donors (Lipinski definition) is 2. The van der Waals surface area contributed by atoms with Crippen LogP contribution in [0.15, 0.2) is 24.3 Å². The van der Waals surface area contributed by atoms with Gasteiger partial charge in [0.05, 0.1) is 0 Å². The van der Waals surface area contributed by atoms with Crippen molar-refractivity contribution in [1.82, 2.24) is 5.32 Å². The molecule has 4 nitrogen and oxygen atoms in total. The zero-order valence-corrected chi connectivity index (χ0v) is 14.1. The largest absolute Gasteiger partial charge is 0.444 e. The van der Waals surface area contributed by atoms with Gasteiger partial charge in [0, 0.05) is 17.8 Å². The summed E-state index contributed by atoms with van der Waals surface area (Å²) in [5, 5.41) is 6.42. The lowest BCUT2D eigenvalue weighted by Gasteiger charge is -2.37. The molecule has 1 aromatic carbocycles. The summed E-state index contributed by atoms with van der Waals surface area (Å²) in [6.07, 6.45) is 3.87. The van der Waals surface area contributed by atoms with Gasteiger partial charge in [0.1, 0.15) is 5.60 Å². The lowest BCUT2D eigenvalue weighted by molar-refractivity contribution is 0.0475. The lowest BCUT2D eigenvalue weighted by Crippen LogP contribution is -2.50. The van der Waals surface area contributed by atoms with Gasteiger partial charge in [0.2, 0.25) is 0 Å². The first-order valence-corrected chi connectivity index (χ1v) is 8.20. The molecule has 1 aliphatic carbocycles. The Morgan fingerprint density at radius 1 is 1.18 bits per heavy atom. The van der Waals surface area contributed by atoms with Crippen LogP contribution in [0.1, 0.15) is 52.5 Å². The first-order chi connectivity index (χ1) is 10.4. The number of aryl methyl sites for hydroxylation is 1. The Bertz CT molecular complexity index is 485. The van der Waals surface area contributed by atoms with Gasteiger partial charge < -0.3 is 15.4 Å². The molecule has 0 bridgehead atoms. The van der Waals surface area contributed by atoms with Gasteiger partial charge in [-0.1, -0.05) is 25.5 Å². The van der Waals surface area contributed by atoms with Crippen molar-refractivity contribution in [1.29, 1.82) is 0 Å². The van der Waals surface area contributed by atoms with E-state index in [1.807, 2.05) is 20.8 Å². The van der Waals surface area contributed by atoms with Crippen molar-refractivity contribution < 1.29 is 9.53 Å². The molecule has 0 radical (unpaired) electrons. The summed E-state index contributed by atoms with van der Waals surface area (Å²) in [5.41, 5.74) is 2.10. The molecule has 1 saturated carbocycles. The molecule has 0 heterocycles. The van der Waals surface area contributed by atoms with Crippen LogP contribution in [0.25, 0.3) is 0 Å². The SMILES string of the molecule is CCCc1ccc(NC2CC(NC(=O)OC(C)(C)C)C2)cc1. The molecule has 0 unspecified atom stereocenters. The van der Waals surface area contributed by atoms with E-state index in [1.165, 1.54) is 12.0 Å². The van der Waals surface area contributed by atoms with Crippen LogP contribution < -0.4 is 10.6 Å². The number of nitrogens with one attached hydrogen (secondary N) is 2. The minimum absolute atomic E-state index is 0.215. The molecule has 0 aliphatic heterocycles. The highest BCUT2D eigenvalue weighted by molar-refractivity contribution is 5.68. The van der Waals surface area contributed by atoms with Gasteiger partial charge in [-0.15, -0.1) is 0 Å². The van der Waals surface area contributed by atoms with E-state index in [1.54, 1.807) is 0 Å². The van der Waals surface area contributed by atoms with E-state index in [2.05, 4.69) is 41.8 Å². The summed E-state index contributed by atoms with van der Waals surface area (Å²) < 4.78 is 5.26. The topological polar surface area (TPSA) is 50.4 Å². The quantitative estimate of drug-likeness (QED) is 0.861. The molecule has 22 heavy (non-hydrogen) atoms. The van der Waals surface area contributed by atoms with E-state index >= 15 is 0 Å². The van der Waals surface area contributed by atoms with Crippen LogP contribution in [0, 0.1) is 0 Å². The maximum absolute atomic E-state index is 11.7. The van der Waals surface area contributed by atoms with Crippen LogP contribution in [0.2, 0.25) is 0 Å². The second-order valence-corrected chi connectivity index (χ2v) is 7.10. The molecule has 0 aromatic heterocycles. The Kier molecular flexibility index (Phi) is 5.33. The van der Waals surface area contributed by atoms with E-state index in [0.717, 1.165) is 24.9 Å². The number of amides is 1. The Hall–Kier alpha value is -1.71. The highest BCUT2D eigenvalue weighted by atomic mass is 16.6.